The predicted molar refractivity (Wildman–Crippen MR) is 77.4 cm³/mol. The molecule has 0 N–H and O–H groups in total. The average molecular weight is 268 g/mol. The molecule has 0 atom stereocenters. The third-order valence-corrected chi connectivity index (χ3v) is 3.74. The highest BCUT2D eigenvalue weighted by Crippen LogP contribution is 2.21. The van der Waals surface area contributed by atoms with Crippen LogP contribution in [0.3, 0.4) is 0 Å². The normalized spacial score (nSPS) is 14.8. The molecule has 4 nitrogen and oxygen atoms in total. The number of rotatable bonds is 3. The van der Waals surface area contributed by atoms with E-state index in [1.54, 1.807) is 12.1 Å². The molecular formula is C16H16N2O2. The van der Waals surface area contributed by atoms with E-state index in [1.807, 2.05) is 6.07 Å². The summed E-state index contributed by atoms with van der Waals surface area (Å²) in [7, 11) is 0. The Morgan fingerprint density at radius 2 is 1.90 bits per heavy atom. The van der Waals surface area contributed by atoms with Gasteiger partial charge in [-0.2, -0.15) is 0 Å². The summed E-state index contributed by atoms with van der Waals surface area (Å²) in [4.78, 5) is 12.8. The third kappa shape index (κ3) is 2.70. The fraction of sp³-hybridized carbons (Fsp3) is 0.250. The Balaban J connectivity index is 1.73. The number of benzene rings is 2. The van der Waals surface area contributed by atoms with E-state index in [4.69, 9.17) is 0 Å². The van der Waals surface area contributed by atoms with Gasteiger partial charge in [0.2, 0.25) is 0 Å². The minimum Gasteiger partial charge on any atom is -0.294 e. The zero-order valence-corrected chi connectivity index (χ0v) is 11.2. The Hall–Kier alpha value is -2.20. The maximum absolute atomic E-state index is 10.8. The highest BCUT2D eigenvalue weighted by Gasteiger charge is 2.16. The molecule has 2 aromatic carbocycles. The molecule has 1 heterocycles. The molecule has 0 fully saturated rings. The Kier molecular flexibility index (Phi) is 3.48. The second-order valence-electron chi connectivity index (χ2n) is 5.16. The van der Waals surface area contributed by atoms with E-state index >= 15 is 0 Å². The molecule has 0 amide bonds. The fourth-order valence-electron chi connectivity index (χ4n) is 2.72. The van der Waals surface area contributed by atoms with Crippen LogP contribution in [0.1, 0.15) is 16.7 Å². The maximum atomic E-state index is 10.8. The van der Waals surface area contributed by atoms with E-state index < -0.39 is 0 Å². The van der Waals surface area contributed by atoms with E-state index in [0.29, 0.717) is 0 Å². The Morgan fingerprint density at radius 1 is 1.10 bits per heavy atom. The molecule has 0 spiro atoms. The van der Waals surface area contributed by atoms with Gasteiger partial charge in [-0.05, 0) is 23.1 Å². The lowest BCUT2D eigenvalue weighted by molar-refractivity contribution is -0.384. The molecule has 0 aromatic heterocycles. The van der Waals surface area contributed by atoms with Gasteiger partial charge in [-0.3, -0.25) is 15.0 Å². The molecular weight excluding hydrogens is 252 g/mol. The molecule has 1 aliphatic heterocycles. The molecule has 0 aliphatic carbocycles. The van der Waals surface area contributed by atoms with Crippen LogP contribution in [-0.2, 0) is 19.5 Å². The van der Waals surface area contributed by atoms with Crippen LogP contribution in [0.25, 0.3) is 0 Å². The Labute approximate surface area is 117 Å². The molecule has 102 valence electrons. The minimum atomic E-state index is -0.338. The number of non-ortho nitro benzene ring substituents is 1. The lowest BCUT2D eigenvalue weighted by atomic mass is 9.99. The van der Waals surface area contributed by atoms with Crippen LogP contribution in [0.15, 0.2) is 48.5 Å². The van der Waals surface area contributed by atoms with E-state index in [0.717, 1.165) is 31.6 Å². The molecule has 0 radical (unpaired) electrons. The van der Waals surface area contributed by atoms with Gasteiger partial charge >= 0.3 is 0 Å². The SMILES string of the molecule is O=[N+]([O-])c1cccc(CN2CCc3ccccc3C2)c1. The Morgan fingerprint density at radius 3 is 2.70 bits per heavy atom. The van der Waals surface area contributed by atoms with Crippen molar-refractivity contribution in [2.45, 2.75) is 19.5 Å². The predicted octanol–water partition coefficient (Wildman–Crippen LogP) is 3.15. The smallest absolute Gasteiger partial charge is 0.269 e. The number of nitro groups is 1. The first-order chi connectivity index (χ1) is 9.72. The standard InChI is InChI=1S/C16H16N2O2/c19-18(20)16-7-3-4-13(10-16)11-17-9-8-14-5-1-2-6-15(14)12-17/h1-7,10H,8-9,11-12H2. The fourth-order valence-corrected chi connectivity index (χ4v) is 2.72. The van der Waals surface area contributed by atoms with E-state index in [-0.39, 0.29) is 10.6 Å². The van der Waals surface area contributed by atoms with Gasteiger partial charge < -0.3 is 0 Å². The van der Waals surface area contributed by atoms with E-state index in [2.05, 4.69) is 29.2 Å². The number of nitro benzene ring substituents is 1. The highest BCUT2D eigenvalue weighted by atomic mass is 16.6. The molecule has 1 aliphatic rings. The lowest BCUT2D eigenvalue weighted by Gasteiger charge is -2.28. The minimum absolute atomic E-state index is 0.167. The quantitative estimate of drug-likeness (QED) is 0.634. The number of fused-ring (bicyclic) bond motifs is 1. The van der Waals surface area contributed by atoms with Crippen LogP contribution in [0.2, 0.25) is 0 Å². The van der Waals surface area contributed by atoms with Crippen LogP contribution < -0.4 is 0 Å². The van der Waals surface area contributed by atoms with Gasteiger partial charge in [0, 0.05) is 31.8 Å². The van der Waals surface area contributed by atoms with Gasteiger partial charge in [-0.25, -0.2) is 0 Å². The van der Waals surface area contributed by atoms with Crippen LogP contribution >= 0.6 is 0 Å². The molecule has 3 rings (SSSR count). The summed E-state index contributed by atoms with van der Waals surface area (Å²) in [5.74, 6) is 0. The van der Waals surface area contributed by atoms with Crippen LogP contribution in [0.5, 0.6) is 0 Å². The van der Waals surface area contributed by atoms with Crippen molar-refractivity contribution in [3.05, 3.63) is 75.3 Å². The van der Waals surface area contributed by atoms with Crippen molar-refractivity contribution in [1.29, 1.82) is 0 Å². The monoisotopic (exact) mass is 268 g/mol. The molecule has 0 bridgehead atoms. The zero-order chi connectivity index (χ0) is 13.9. The van der Waals surface area contributed by atoms with Gasteiger partial charge in [0.05, 0.1) is 4.92 Å². The molecule has 0 saturated carbocycles. The summed E-state index contributed by atoms with van der Waals surface area (Å²) in [6, 6.07) is 15.4. The van der Waals surface area contributed by atoms with Crippen molar-refractivity contribution in [1.82, 2.24) is 4.90 Å². The number of nitrogens with zero attached hydrogens (tertiary/aromatic N) is 2. The van der Waals surface area contributed by atoms with Crippen molar-refractivity contribution in [2.24, 2.45) is 0 Å². The van der Waals surface area contributed by atoms with Gasteiger partial charge in [0.15, 0.2) is 0 Å². The number of hydrogen-bond donors (Lipinski definition) is 0. The summed E-state index contributed by atoms with van der Waals surface area (Å²) >= 11 is 0. The van der Waals surface area contributed by atoms with Crippen LogP contribution in [0, 0.1) is 10.1 Å². The zero-order valence-electron chi connectivity index (χ0n) is 11.2. The van der Waals surface area contributed by atoms with Gasteiger partial charge in [0.25, 0.3) is 5.69 Å². The second-order valence-corrected chi connectivity index (χ2v) is 5.16. The molecule has 0 saturated heterocycles. The Bertz CT molecular complexity index is 640. The van der Waals surface area contributed by atoms with Crippen molar-refractivity contribution in [2.75, 3.05) is 6.54 Å². The first-order valence-corrected chi connectivity index (χ1v) is 6.75. The largest absolute Gasteiger partial charge is 0.294 e. The topological polar surface area (TPSA) is 46.4 Å². The first kappa shape index (κ1) is 12.8. The number of hydrogen-bond acceptors (Lipinski definition) is 3. The summed E-state index contributed by atoms with van der Waals surface area (Å²) < 4.78 is 0. The van der Waals surface area contributed by atoms with E-state index in [9.17, 15) is 10.1 Å². The van der Waals surface area contributed by atoms with Crippen LogP contribution in [-0.4, -0.2) is 16.4 Å². The van der Waals surface area contributed by atoms with E-state index in [1.165, 1.54) is 17.2 Å². The van der Waals surface area contributed by atoms with Crippen molar-refractivity contribution >= 4 is 5.69 Å². The van der Waals surface area contributed by atoms with Crippen molar-refractivity contribution in [3.63, 3.8) is 0 Å². The first-order valence-electron chi connectivity index (χ1n) is 6.75. The summed E-state index contributed by atoms with van der Waals surface area (Å²) in [5, 5.41) is 10.8. The second kappa shape index (κ2) is 5.43. The lowest BCUT2D eigenvalue weighted by Crippen LogP contribution is -2.29. The van der Waals surface area contributed by atoms with Crippen molar-refractivity contribution < 1.29 is 4.92 Å². The highest BCUT2D eigenvalue weighted by molar-refractivity contribution is 5.34. The van der Waals surface area contributed by atoms with Gasteiger partial charge in [-0.1, -0.05) is 36.4 Å². The molecule has 4 heteroatoms. The molecule has 20 heavy (non-hydrogen) atoms. The average Bonchev–Trinajstić information content (AvgIpc) is 2.47. The van der Waals surface area contributed by atoms with Gasteiger partial charge in [-0.15, -0.1) is 0 Å². The molecule has 2 aromatic rings. The summed E-state index contributed by atoms with van der Waals surface area (Å²) in [6.07, 6.45) is 1.05. The molecule has 0 unspecified atom stereocenters. The summed E-state index contributed by atoms with van der Waals surface area (Å²) in [6.45, 7) is 2.68. The van der Waals surface area contributed by atoms with Crippen LogP contribution in [0.4, 0.5) is 5.69 Å². The maximum Gasteiger partial charge on any atom is 0.269 e. The third-order valence-electron chi connectivity index (χ3n) is 3.74. The summed E-state index contributed by atoms with van der Waals surface area (Å²) in [5.41, 5.74) is 3.95. The van der Waals surface area contributed by atoms with Gasteiger partial charge in [0.1, 0.15) is 0 Å². The van der Waals surface area contributed by atoms with Crippen molar-refractivity contribution in [3.8, 4) is 0 Å².